The second kappa shape index (κ2) is 6.61. The highest BCUT2D eigenvalue weighted by Crippen LogP contribution is 2.33. The Morgan fingerprint density at radius 2 is 2.05 bits per heavy atom. The molecule has 110 valence electrons. The number of methoxy groups -OCH3 is 1. The summed E-state index contributed by atoms with van der Waals surface area (Å²) < 4.78 is 5.27. The molecule has 1 aromatic carbocycles. The van der Waals surface area contributed by atoms with E-state index in [4.69, 9.17) is 4.74 Å². The molecule has 0 aliphatic heterocycles. The summed E-state index contributed by atoms with van der Waals surface area (Å²) in [6.45, 7) is 2.28. The smallest absolute Gasteiger partial charge is 0.255 e. The van der Waals surface area contributed by atoms with E-state index in [0.29, 0.717) is 11.3 Å². The molecule has 1 aromatic rings. The minimum absolute atomic E-state index is 0.0450. The lowest BCUT2D eigenvalue weighted by atomic mass is 9.78. The van der Waals surface area contributed by atoms with Crippen LogP contribution >= 0.6 is 15.9 Å². The number of para-hydroxylation sites is 1. The molecule has 0 atom stereocenters. The molecule has 4 heteroatoms. The summed E-state index contributed by atoms with van der Waals surface area (Å²) in [6, 6.07) is 7.36. The molecule has 0 heterocycles. The third-order valence-electron chi connectivity index (χ3n) is 4.22. The number of hydrogen-bond donors (Lipinski definition) is 1. The summed E-state index contributed by atoms with van der Waals surface area (Å²) in [5.74, 6) is 1.33. The van der Waals surface area contributed by atoms with E-state index in [-0.39, 0.29) is 11.4 Å². The molecular formula is C16H22BrNO2. The van der Waals surface area contributed by atoms with Crippen molar-refractivity contribution >= 4 is 21.8 Å². The lowest BCUT2D eigenvalue weighted by molar-refractivity contribution is 0.0871. The second-order valence-electron chi connectivity index (χ2n) is 5.75. The van der Waals surface area contributed by atoms with Crippen molar-refractivity contribution in [3.8, 4) is 5.75 Å². The van der Waals surface area contributed by atoms with Gasteiger partial charge in [-0.3, -0.25) is 4.79 Å². The summed E-state index contributed by atoms with van der Waals surface area (Å²) in [6.07, 6.45) is 4.39. The first kappa shape index (κ1) is 15.4. The maximum absolute atomic E-state index is 12.5. The number of carbonyl (C=O) groups is 1. The van der Waals surface area contributed by atoms with Crippen molar-refractivity contribution in [3.05, 3.63) is 29.8 Å². The molecule has 20 heavy (non-hydrogen) atoms. The van der Waals surface area contributed by atoms with Crippen molar-refractivity contribution in [1.29, 1.82) is 0 Å². The van der Waals surface area contributed by atoms with Crippen LogP contribution in [0.15, 0.2) is 24.3 Å². The maximum Gasteiger partial charge on any atom is 0.255 e. The Hall–Kier alpha value is -1.03. The first-order valence-corrected chi connectivity index (χ1v) is 8.24. The molecule has 1 aliphatic rings. The van der Waals surface area contributed by atoms with Crippen molar-refractivity contribution in [2.24, 2.45) is 5.92 Å². The number of carbonyl (C=O) groups excluding carboxylic acids is 1. The molecule has 1 aliphatic carbocycles. The summed E-state index contributed by atoms with van der Waals surface area (Å²) in [7, 11) is 1.59. The number of benzene rings is 1. The Labute approximate surface area is 129 Å². The minimum Gasteiger partial charge on any atom is -0.496 e. The Morgan fingerprint density at radius 1 is 1.40 bits per heavy atom. The lowest BCUT2D eigenvalue weighted by Gasteiger charge is -2.39. The molecule has 3 nitrogen and oxygen atoms in total. The third-order valence-corrected chi connectivity index (χ3v) is 5.29. The average Bonchev–Trinajstić information content (AvgIpc) is 2.49. The van der Waals surface area contributed by atoms with E-state index >= 15 is 0 Å². The van der Waals surface area contributed by atoms with Gasteiger partial charge in [0.15, 0.2) is 0 Å². The quantitative estimate of drug-likeness (QED) is 0.848. The van der Waals surface area contributed by atoms with Gasteiger partial charge in [0.25, 0.3) is 5.91 Å². The van der Waals surface area contributed by atoms with Gasteiger partial charge in [0.05, 0.1) is 18.2 Å². The molecular weight excluding hydrogens is 318 g/mol. The monoisotopic (exact) mass is 339 g/mol. The van der Waals surface area contributed by atoms with Crippen LogP contribution in [0.25, 0.3) is 0 Å². The first-order chi connectivity index (χ1) is 9.60. The van der Waals surface area contributed by atoms with Crippen LogP contribution in [0.1, 0.15) is 43.0 Å². The fourth-order valence-corrected chi connectivity index (χ4v) is 3.45. The van der Waals surface area contributed by atoms with Gasteiger partial charge in [-0.2, -0.15) is 0 Å². The van der Waals surface area contributed by atoms with Crippen LogP contribution in [0, 0.1) is 5.92 Å². The van der Waals surface area contributed by atoms with Crippen LogP contribution in [-0.2, 0) is 0 Å². The highest BCUT2D eigenvalue weighted by atomic mass is 79.9. The van der Waals surface area contributed by atoms with Crippen LogP contribution in [0.2, 0.25) is 0 Å². The van der Waals surface area contributed by atoms with Gasteiger partial charge < -0.3 is 10.1 Å². The average molecular weight is 340 g/mol. The van der Waals surface area contributed by atoms with E-state index < -0.39 is 0 Å². The number of hydrogen-bond acceptors (Lipinski definition) is 2. The zero-order valence-corrected chi connectivity index (χ0v) is 13.7. The first-order valence-electron chi connectivity index (χ1n) is 7.12. The van der Waals surface area contributed by atoms with Crippen LogP contribution in [-0.4, -0.2) is 23.9 Å². The van der Waals surface area contributed by atoms with E-state index in [9.17, 15) is 4.79 Å². The molecule has 1 fully saturated rings. The van der Waals surface area contributed by atoms with Gasteiger partial charge in [0, 0.05) is 5.33 Å². The van der Waals surface area contributed by atoms with Crippen molar-refractivity contribution in [2.75, 3.05) is 12.4 Å². The van der Waals surface area contributed by atoms with Gasteiger partial charge in [0.1, 0.15) is 5.75 Å². The molecule has 0 spiro atoms. The van der Waals surface area contributed by atoms with Gasteiger partial charge in [-0.15, -0.1) is 0 Å². The van der Waals surface area contributed by atoms with E-state index in [2.05, 4.69) is 28.2 Å². The van der Waals surface area contributed by atoms with Crippen LogP contribution in [0.4, 0.5) is 0 Å². The molecule has 1 saturated carbocycles. The fraction of sp³-hybridized carbons (Fsp3) is 0.562. The molecule has 0 saturated heterocycles. The normalized spacial score (nSPS) is 26.1. The number of nitrogens with one attached hydrogen (secondary N) is 1. The second-order valence-corrected chi connectivity index (χ2v) is 6.31. The topological polar surface area (TPSA) is 38.3 Å². The zero-order chi connectivity index (χ0) is 14.6. The molecule has 2 rings (SSSR count). The van der Waals surface area contributed by atoms with Crippen LogP contribution in [0.3, 0.4) is 0 Å². The maximum atomic E-state index is 12.5. The molecule has 1 N–H and O–H groups in total. The highest BCUT2D eigenvalue weighted by molar-refractivity contribution is 9.09. The molecule has 0 aromatic heterocycles. The van der Waals surface area contributed by atoms with Crippen molar-refractivity contribution in [3.63, 3.8) is 0 Å². The SMILES string of the molecule is COc1ccccc1C(=O)NC1(CBr)CCC(C)CC1. The Balaban J connectivity index is 2.13. The van der Waals surface area contributed by atoms with E-state index in [1.165, 1.54) is 0 Å². The fourth-order valence-electron chi connectivity index (χ4n) is 2.75. The number of rotatable bonds is 4. The lowest BCUT2D eigenvalue weighted by Crippen LogP contribution is -2.52. The van der Waals surface area contributed by atoms with Gasteiger partial charge >= 0.3 is 0 Å². The number of alkyl halides is 1. The van der Waals surface area contributed by atoms with Crippen molar-refractivity contribution < 1.29 is 9.53 Å². The van der Waals surface area contributed by atoms with Crippen LogP contribution < -0.4 is 10.1 Å². The third kappa shape index (κ3) is 3.35. The van der Waals surface area contributed by atoms with Gasteiger partial charge in [-0.25, -0.2) is 0 Å². The summed E-state index contributed by atoms with van der Waals surface area (Å²) in [4.78, 5) is 12.5. The van der Waals surface area contributed by atoms with Gasteiger partial charge in [-0.05, 0) is 43.7 Å². The van der Waals surface area contributed by atoms with Crippen LogP contribution in [0.5, 0.6) is 5.75 Å². The summed E-state index contributed by atoms with van der Waals surface area (Å²) in [5, 5.41) is 4.03. The number of amides is 1. The van der Waals surface area contributed by atoms with Gasteiger partial charge in [0.2, 0.25) is 0 Å². The van der Waals surface area contributed by atoms with E-state index in [1.54, 1.807) is 7.11 Å². The highest BCUT2D eigenvalue weighted by Gasteiger charge is 2.35. The number of ether oxygens (including phenoxy) is 1. The van der Waals surface area contributed by atoms with Crippen molar-refractivity contribution in [2.45, 2.75) is 38.1 Å². The molecule has 0 radical (unpaired) electrons. The minimum atomic E-state index is -0.121. The molecule has 1 amide bonds. The van der Waals surface area contributed by atoms with E-state index in [0.717, 1.165) is 36.9 Å². The summed E-state index contributed by atoms with van der Waals surface area (Å²) in [5.41, 5.74) is 0.485. The zero-order valence-electron chi connectivity index (χ0n) is 12.1. The predicted molar refractivity (Wildman–Crippen MR) is 84.6 cm³/mol. The van der Waals surface area contributed by atoms with Gasteiger partial charge in [-0.1, -0.05) is 35.0 Å². The Morgan fingerprint density at radius 3 is 2.65 bits per heavy atom. The molecule has 0 unspecified atom stereocenters. The van der Waals surface area contributed by atoms with Crippen molar-refractivity contribution in [1.82, 2.24) is 5.32 Å². The predicted octanol–water partition coefficient (Wildman–Crippen LogP) is 3.77. The standard InChI is InChI=1S/C16H22BrNO2/c1-12-7-9-16(11-17,10-8-12)18-15(19)13-5-3-4-6-14(13)20-2/h3-6,12H,7-11H2,1-2H3,(H,18,19). The Bertz CT molecular complexity index is 467. The largest absolute Gasteiger partial charge is 0.496 e. The Kier molecular flexibility index (Phi) is 5.08. The molecule has 0 bridgehead atoms. The van der Waals surface area contributed by atoms with E-state index in [1.807, 2.05) is 24.3 Å². The summed E-state index contributed by atoms with van der Waals surface area (Å²) >= 11 is 3.58. The number of halogens is 1.